The van der Waals surface area contributed by atoms with Gasteiger partial charge in [0.1, 0.15) is 0 Å². The monoisotopic (exact) mass is 506 g/mol. The summed E-state index contributed by atoms with van der Waals surface area (Å²) in [7, 11) is -24.4. The molecular weight excluding hydrogens is 496 g/mol. The average molecular weight is 506 g/mol. The summed E-state index contributed by atoms with van der Waals surface area (Å²) in [5, 5.41) is 38.4. The molecule has 4 atom stereocenters. The molecule has 0 aliphatic carbocycles. The maximum atomic E-state index is 10.8. The Hall–Kier alpha value is -0.680. The van der Waals surface area contributed by atoms with Gasteiger partial charge in [0.15, 0.2) is 0 Å². The van der Waals surface area contributed by atoms with Crippen LogP contribution in [0.25, 0.3) is 0 Å². The van der Waals surface area contributed by atoms with Gasteiger partial charge in [-0.2, -0.15) is 33.7 Å². The molecule has 0 bridgehead atoms. The van der Waals surface area contributed by atoms with Gasteiger partial charge in [0.05, 0.1) is 0 Å². The molecule has 0 saturated heterocycles. The zero-order valence-corrected chi connectivity index (χ0v) is 15.5. The third-order valence-electron chi connectivity index (χ3n) is 2.07. The fourth-order valence-corrected chi connectivity index (χ4v) is 3.00. The van der Waals surface area contributed by atoms with Crippen molar-refractivity contribution in [2.75, 3.05) is 0 Å². The van der Waals surface area contributed by atoms with Crippen LogP contribution in [0.3, 0.4) is 0 Å². The van der Waals surface area contributed by atoms with E-state index in [-0.39, 0.29) is 0 Å². The number of aliphatic hydroxyl groups excluding tert-OH is 2. The Kier molecular flexibility index (Phi) is 8.02. The molecule has 0 aromatic rings. The number of hydrogen-bond donors (Lipinski definition) is 8. The van der Waals surface area contributed by atoms with Crippen LogP contribution in [0.4, 0.5) is 0 Å². The maximum absolute atomic E-state index is 10.8. The molecule has 4 unspecified atom stereocenters. The van der Waals surface area contributed by atoms with Crippen LogP contribution in [0.1, 0.15) is 0 Å². The lowest BCUT2D eigenvalue weighted by atomic mass is 10.1. The van der Waals surface area contributed by atoms with Crippen LogP contribution in [0.2, 0.25) is 0 Å². The summed E-state index contributed by atoms with van der Waals surface area (Å²) in [6.07, 6.45) is -8.23. The second-order valence-corrected chi connectivity index (χ2v) is 8.31. The Bertz CT molecular complexity index is 889. The summed E-state index contributed by atoms with van der Waals surface area (Å²) >= 11 is 0. The molecule has 0 heterocycles. The first-order valence-electron chi connectivity index (χ1n) is 5.40. The fourth-order valence-electron chi connectivity index (χ4n) is 1.24. The quantitative estimate of drug-likeness (QED) is 0.0954. The van der Waals surface area contributed by atoms with E-state index >= 15 is 0 Å². The molecule has 28 heavy (non-hydrogen) atoms. The summed E-state index contributed by atoms with van der Waals surface area (Å²) in [5.74, 6) is -10.4. The molecule has 0 radical (unpaired) electrons. The van der Waals surface area contributed by atoms with E-state index < -0.39 is 65.8 Å². The minimum Gasteiger partial charge on any atom is -0.363 e. The molecule has 0 aliphatic rings. The van der Waals surface area contributed by atoms with E-state index in [1.807, 2.05) is 0 Å². The Morgan fingerprint density at radius 1 is 0.536 bits per heavy atom. The molecule has 170 valence electrons. The van der Waals surface area contributed by atoms with Crippen molar-refractivity contribution >= 4 is 41.6 Å². The highest BCUT2D eigenvalue weighted by atomic mass is 32.3. The van der Waals surface area contributed by atoms with Gasteiger partial charge in [0.2, 0.25) is 12.6 Å². The third kappa shape index (κ3) is 8.36. The minimum absolute atomic E-state index is 3.13. The van der Waals surface area contributed by atoms with E-state index in [1.165, 1.54) is 0 Å². The first-order chi connectivity index (χ1) is 11.9. The molecule has 0 spiro atoms. The predicted molar refractivity (Wildman–Crippen MR) is 72.4 cm³/mol. The molecule has 0 aromatic heterocycles. The Morgan fingerprint density at radius 2 is 0.750 bits per heavy atom. The number of hydrogen-bond acceptors (Lipinski definition) is 16. The van der Waals surface area contributed by atoms with Crippen molar-refractivity contribution in [3.05, 3.63) is 0 Å². The highest BCUT2D eigenvalue weighted by molar-refractivity contribution is 7.81. The van der Waals surface area contributed by atoms with Crippen LogP contribution in [-0.2, 0) is 58.3 Å². The van der Waals surface area contributed by atoms with Crippen molar-refractivity contribution < 1.29 is 89.0 Å². The lowest BCUT2D eigenvalue weighted by Crippen LogP contribution is -2.71. The van der Waals surface area contributed by atoms with Gasteiger partial charge in [-0.3, -0.25) is 18.2 Å². The van der Waals surface area contributed by atoms with Gasteiger partial charge in [0, 0.05) is 0 Å². The summed E-state index contributed by atoms with van der Waals surface area (Å²) < 4.78 is 132. The smallest absolute Gasteiger partial charge is 0.363 e. The standard InChI is InChI=1S/C4H10O20S4/c5-1(21-25(9,10)11)3(7,23-27(15,16)17)4(8,24-28(18,19)20)2(6)22-26(12,13)14/h1-2,5-8H,(H,9,10,11)(H,12,13,14)(H,15,16,17)(H,18,19,20). The predicted octanol–water partition coefficient (Wildman–Crippen LogP) is -5.72. The van der Waals surface area contributed by atoms with Crippen molar-refractivity contribution in [3.8, 4) is 0 Å². The van der Waals surface area contributed by atoms with Crippen molar-refractivity contribution in [1.82, 2.24) is 0 Å². The van der Waals surface area contributed by atoms with Crippen LogP contribution in [0, 0.1) is 0 Å². The second-order valence-electron chi connectivity index (χ2n) is 4.17. The minimum atomic E-state index is -6.26. The zero-order valence-electron chi connectivity index (χ0n) is 12.3. The van der Waals surface area contributed by atoms with Gasteiger partial charge in [-0.1, -0.05) is 0 Å². The SMILES string of the molecule is O=S(=O)(O)OC(O)C(O)(OS(=O)(=O)O)C(O)(OS(=O)(=O)O)C(O)OS(=O)(=O)O. The third-order valence-corrected chi connectivity index (χ3v) is 3.85. The molecule has 0 fully saturated rings. The Labute approximate surface area is 155 Å². The highest BCUT2D eigenvalue weighted by Gasteiger charge is 2.69. The van der Waals surface area contributed by atoms with E-state index in [0.717, 1.165) is 0 Å². The van der Waals surface area contributed by atoms with Crippen molar-refractivity contribution in [1.29, 1.82) is 0 Å². The van der Waals surface area contributed by atoms with Gasteiger partial charge >= 0.3 is 41.6 Å². The Morgan fingerprint density at radius 3 is 0.893 bits per heavy atom. The van der Waals surface area contributed by atoms with Gasteiger partial charge in [-0.15, -0.1) is 0 Å². The van der Waals surface area contributed by atoms with Gasteiger partial charge in [-0.25, -0.2) is 16.7 Å². The lowest BCUT2D eigenvalue weighted by molar-refractivity contribution is -0.426. The van der Waals surface area contributed by atoms with E-state index in [1.54, 1.807) is 0 Å². The van der Waals surface area contributed by atoms with E-state index in [9.17, 15) is 54.1 Å². The lowest BCUT2D eigenvalue weighted by Gasteiger charge is -2.41. The van der Waals surface area contributed by atoms with Crippen LogP contribution in [-0.4, -0.2) is 96.5 Å². The summed E-state index contributed by atoms with van der Waals surface area (Å²) in [6, 6.07) is 0. The van der Waals surface area contributed by atoms with Crippen molar-refractivity contribution in [2.24, 2.45) is 0 Å². The van der Waals surface area contributed by atoms with Crippen LogP contribution in [0.15, 0.2) is 0 Å². The largest absolute Gasteiger partial charge is 0.400 e. The fraction of sp³-hybridized carbons (Fsp3) is 1.00. The molecule has 0 aliphatic heterocycles. The van der Waals surface area contributed by atoms with Crippen molar-refractivity contribution in [2.45, 2.75) is 24.2 Å². The molecule has 8 N–H and O–H groups in total. The van der Waals surface area contributed by atoms with E-state index in [2.05, 4.69) is 16.7 Å². The topological polar surface area (TPSA) is 335 Å². The molecule has 24 heteroatoms. The average Bonchev–Trinajstić information content (AvgIpc) is 2.29. The first kappa shape index (κ1) is 27.3. The number of aliphatic hydroxyl groups is 4. The highest BCUT2D eigenvalue weighted by Crippen LogP contribution is 2.36. The molecule has 0 rings (SSSR count). The zero-order chi connectivity index (χ0) is 23.0. The maximum Gasteiger partial charge on any atom is 0.400 e. The summed E-state index contributed by atoms with van der Waals surface area (Å²) in [6.45, 7) is 0. The van der Waals surface area contributed by atoms with E-state index in [4.69, 9.17) is 18.2 Å². The molecule has 0 aromatic carbocycles. The second kappa shape index (κ2) is 8.22. The number of rotatable bonds is 11. The molecular formula is C4H10O20S4. The van der Waals surface area contributed by atoms with Crippen molar-refractivity contribution in [3.63, 3.8) is 0 Å². The van der Waals surface area contributed by atoms with Crippen LogP contribution < -0.4 is 0 Å². The molecule has 0 saturated carbocycles. The molecule has 0 amide bonds. The van der Waals surface area contributed by atoms with Gasteiger partial charge < -0.3 is 20.4 Å². The normalized spacial score (nSPS) is 20.7. The summed E-state index contributed by atoms with van der Waals surface area (Å²) in [4.78, 5) is 0. The van der Waals surface area contributed by atoms with Gasteiger partial charge in [-0.05, 0) is 0 Å². The van der Waals surface area contributed by atoms with Crippen LogP contribution >= 0.6 is 0 Å². The first-order valence-corrected chi connectivity index (χ1v) is 10.9. The molecule has 20 nitrogen and oxygen atoms in total. The Balaban J connectivity index is 6.83. The summed E-state index contributed by atoms with van der Waals surface area (Å²) in [5.41, 5.74) is 0. The van der Waals surface area contributed by atoms with Gasteiger partial charge in [0.25, 0.3) is 11.6 Å². The van der Waals surface area contributed by atoms with E-state index in [0.29, 0.717) is 0 Å². The van der Waals surface area contributed by atoms with Crippen LogP contribution in [0.5, 0.6) is 0 Å².